The van der Waals surface area contributed by atoms with Crippen LogP contribution in [0.25, 0.3) is 0 Å². The van der Waals surface area contributed by atoms with Crippen LogP contribution in [0.15, 0.2) is 47.8 Å². The highest BCUT2D eigenvalue weighted by molar-refractivity contribution is 7.14. The molecule has 0 aliphatic rings. The summed E-state index contributed by atoms with van der Waals surface area (Å²) in [7, 11) is 3.01. The highest BCUT2D eigenvalue weighted by atomic mass is 32.1. The van der Waals surface area contributed by atoms with Crippen LogP contribution in [-0.4, -0.2) is 31.1 Å². The molecule has 8 heteroatoms. The van der Waals surface area contributed by atoms with Crippen LogP contribution in [0.1, 0.15) is 35.5 Å². The number of ether oxygens (including phenoxy) is 3. The molecule has 3 rings (SSSR count). The minimum absolute atomic E-state index is 0.0228. The van der Waals surface area contributed by atoms with Crippen molar-refractivity contribution < 1.29 is 23.8 Å². The Morgan fingerprint density at radius 1 is 1.06 bits per heavy atom. The van der Waals surface area contributed by atoms with Crippen molar-refractivity contribution >= 4 is 34.0 Å². The van der Waals surface area contributed by atoms with Crippen LogP contribution < -0.4 is 14.4 Å². The Hall–Kier alpha value is -3.39. The fraction of sp³-hybridized carbons (Fsp3) is 0.261. The molecule has 1 aromatic heterocycles. The molecule has 1 amide bonds. The second-order valence-corrected chi connectivity index (χ2v) is 7.47. The summed E-state index contributed by atoms with van der Waals surface area (Å²) in [5, 5.41) is 2.29. The molecule has 3 aromatic rings. The van der Waals surface area contributed by atoms with Gasteiger partial charge in [0.2, 0.25) is 5.91 Å². The minimum atomic E-state index is -0.535. The topological polar surface area (TPSA) is 78.0 Å². The maximum absolute atomic E-state index is 12.5. The molecule has 0 radical (unpaired) electrons. The molecule has 0 N–H and O–H groups in total. The van der Waals surface area contributed by atoms with Gasteiger partial charge in [-0.1, -0.05) is 19.1 Å². The van der Waals surface area contributed by atoms with Crippen molar-refractivity contribution in [2.45, 2.75) is 26.9 Å². The summed E-state index contributed by atoms with van der Waals surface area (Å²) in [4.78, 5) is 30.8. The zero-order chi connectivity index (χ0) is 22.4. The number of amides is 1. The number of carbonyl (C=O) groups excluding carboxylic acids is 2. The Kier molecular flexibility index (Phi) is 7.25. The van der Waals surface area contributed by atoms with Crippen LogP contribution in [0.3, 0.4) is 0 Å². The number of hydrogen-bond donors (Lipinski definition) is 0. The second kappa shape index (κ2) is 10.1. The molecule has 2 aromatic carbocycles. The lowest BCUT2D eigenvalue weighted by molar-refractivity contribution is -0.115. The van der Waals surface area contributed by atoms with Gasteiger partial charge in [-0.3, -0.25) is 9.69 Å². The van der Waals surface area contributed by atoms with E-state index in [0.717, 1.165) is 12.1 Å². The molecule has 162 valence electrons. The van der Waals surface area contributed by atoms with Crippen molar-refractivity contribution in [3.05, 3.63) is 64.7 Å². The monoisotopic (exact) mass is 440 g/mol. The first-order valence-electron chi connectivity index (χ1n) is 9.70. The lowest BCUT2D eigenvalue weighted by Gasteiger charge is -2.18. The molecule has 0 unspecified atom stereocenters. The highest BCUT2D eigenvalue weighted by Crippen LogP contribution is 2.30. The van der Waals surface area contributed by atoms with Crippen LogP contribution in [0.2, 0.25) is 0 Å². The van der Waals surface area contributed by atoms with E-state index < -0.39 is 5.97 Å². The van der Waals surface area contributed by atoms with Gasteiger partial charge in [-0.05, 0) is 36.2 Å². The smallest absolute Gasteiger partial charge is 0.342 e. The van der Waals surface area contributed by atoms with Gasteiger partial charge in [-0.2, -0.15) is 0 Å². The maximum atomic E-state index is 12.5. The molecule has 0 spiro atoms. The average Bonchev–Trinajstić information content (AvgIpc) is 3.25. The van der Waals surface area contributed by atoms with E-state index in [1.165, 1.54) is 38.0 Å². The first kappa shape index (κ1) is 22.3. The van der Waals surface area contributed by atoms with Gasteiger partial charge >= 0.3 is 5.97 Å². The van der Waals surface area contributed by atoms with Crippen molar-refractivity contribution in [2.24, 2.45) is 0 Å². The first-order chi connectivity index (χ1) is 15.0. The zero-order valence-corrected chi connectivity index (χ0v) is 18.7. The van der Waals surface area contributed by atoms with Crippen LogP contribution in [0.4, 0.5) is 10.8 Å². The Balaban J connectivity index is 1.72. The SMILES string of the molecule is CCc1ccc(N(C(C)=O)c2nc(COC(=O)c3ccc(OC)cc3OC)cs2)cc1. The van der Waals surface area contributed by atoms with E-state index in [-0.39, 0.29) is 12.5 Å². The van der Waals surface area contributed by atoms with Crippen molar-refractivity contribution in [3.63, 3.8) is 0 Å². The molecule has 0 saturated heterocycles. The van der Waals surface area contributed by atoms with E-state index >= 15 is 0 Å². The van der Waals surface area contributed by atoms with E-state index in [2.05, 4.69) is 11.9 Å². The van der Waals surface area contributed by atoms with Gasteiger partial charge in [0.25, 0.3) is 0 Å². The van der Waals surface area contributed by atoms with Gasteiger partial charge < -0.3 is 14.2 Å². The van der Waals surface area contributed by atoms with Gasteiger partial charge in [-0.25, -0.2) is 9.78 Å². The van der Waals surface area contributed by atoms with Crippen LogP contribution in [0, 0.1) is 0 Å². The molecule has 0 bridgehead atoms. The van der Waals surface area contributed by atoms with Crippen LogP contribution in [-0.2, 0) is 22.6 Å². The number of carbonyl (C=O) groups is 2. The number of thiazole rings is 1. The summed E-state index contributed by atoms with van der Waals surface area (Å²) in [6.45, 7) is 3.55. The Morgan fingerprint density at radius 2 is 1.81 bits per heavy atom. The summed E-state index contributed by atoms with van der Waals surface area (Å²) in [5.74, 6) is 0.258. The third-order valence-electron chi connectivity index (χ3n) is 4.63. The molecule has 0 saturated carbocycles. The van der Waals surface area contributed by atoms with Gasteiger partial charge in [0.05, 0.1) is 25.6 Å². The van der Waals surface area contributed by atoms with Gasteiger partial charge in [-0.15, -0.1) is 11.3 Å². The fourth-order valence-corrected chi connectivity index (χ4v) is 3.83. The standard InChI is InChI=1S/C23H24N2O5S/c1-5-16-6-8-18(9-7-16)25(15(2)26)23-24-17(14-31-23)13-30-22(27)20-11-10-19(28-3)12-21(20)29-4/h6-12,14H,5,13H2,1-4H3. The van der Waals surface area contributed by atoms with Crippen molar-refractivity contribution in [2.75, 3.05) is 19.1 Å². The average molecular weight is 441 g/mol. The number of aromatic nitrogens is 1. The molecule has 0 atom stereocenters. The van der Waals surface area contributed by atoms with Crippen molar-refractivity contribution in [1.82, 2.24) is 4.98 Å². The summed E-state index contributed by atoms with van der Waals surface area (Å²) in [6, 6.07) is 12.6. The molecule has 0 aliphatic heterocycles. The summed E-state index contributed by atoms with van der Waals surface area (Å²) >= 11 is 1.31. The van der Waals surface area contributed by atoms with Crippen molar-refractivity contribution in [1.29, 1.82) is 0 Å². The number of anilines is 2. The van der Waals surface area contributed by atoms with Crippen LogP contribution in [0.5, 0.6) is 11.5 Å². The third-order valence-corrected chi connectivity index (χ3v) is 5.50. The first-order valence-corrected chi connectivity index (χ1v) is 10.6. The number of hydrogen-bond acceptors (Lipinski definition) is 7. The Labute approximate surface area is 185 Å². The highest BCUT2D eigenvalue weighted by Gasteiger charge is 2.19. The largest absolute Gasteiger partial charge is 0.497 e. The van der Waals surface area contributed by atoms with Gasteiger partial charge in [0, 0.05) is 18.4 Å². The maximum Gasteiger partial charge on any atom is 0.342 e. The fourth-order valence-electron chi connectivity index (χ4n) is 2.96. The van der Waals surface area contributed by atoms with Crippen LogP contribution >= 0.6 is 11.3 Å². The number of esters is 1. The Morgan fingerprint density at radius 3 is 2.42 bits per heavy atom. The minimum Gasteiger partial charge on any atom is -0.497 e. The summed E-state index contributed by atoms with van der Waals surface area (Å²) in [6.07, 6.45) is 0.923. The van der Waals surface area contributed by atoms with Gasteiger partial charge in [0.1, 0.15) is 23.7 Å². The van der Waals surface area contributed by atoms with E-state index in [1.54, 1.807) is 28.5 Å². The number of nitrogens with zero attached hydrogens (tertiary/aromatic N) is 2. The molecular formula is C23H24N2O5S. The lowest BCUT2D eigenvalue weighted by atomic mass is 10.1. The molecule has 31 heavy (non-hydrogen) atoms. The quantitative estimate of drug-likeness (QED) is 0.470. The molecule has 0 fully saturated rings. The summed E-state index contributed by atoms with van der Waals surface area (Å²) < 4.78 is 15.8. The number of methoxy groups -OCH3 is 2. The van der Waals surface area contributed by atoms with E-state index in [1.807, 2.05) is 24.3 Å². The van der Waals surface area contributed by atoms with E-state index in [9.17, 15) is 9.59 Å². The lowest BCUT2D eigenvalue weighted by Crippen LogP contribution is -2.22. The third kappa shape index (κ3) is 5.21. The Bertz CT molecular complexity index is 1060. The second-order valence-electron chi connectivity index (χ2n) is 6.64. The molecule has 7 nitrogen and oxygen atoms in total. The molecule has 0 aliphatic carbocycles. The number of rotatable bonds is 8. The number of benzene rings is 2. The predicted molar refractivity (Wildman–Crippen MR) is 119 cm³/mol. The van der Waals surface area contributed by atoms with E-state index in [4.69, 9.17) is 14.2 Å². The van der Waals surface area contributed by atoms with Crippen molar-refractivity contribution in [3.8, 4) is 11.5 Å². The molecule has 1 heterocycles. The van der Waals surface area contributed by atoms with E-state index in [0.29, 0.717) is 27.9 Å². The zero-order valence-electron chi connectivity index (χ0n) is 17.9. The number of aryl methyl sites for hydroxylation is 1. The summed E-state index contributed by atoms with van der Waals surface area (Å²) in [5.41, 5.74) is 2.77. The normalized spacial score (nSPS) is 10.5. The molecular weight excluding hydrogens is 416 g/mol. The van der Waals surface area contributed by atoms with Gasteiger partial charge in [0.15, 0.2) is 5.13 Å². The predicted octanol–water partition coefficient (Wildman–Crippen LogP) is 4.76.